The van der Waals surface area contributed by atoms with Crippen LogP contribution < -0.4 is 5.14 Å². The Morgan fingerprint density at radius 1 is 1.38 bits per heavy atom. The molecule has 2 N–H and O–H groups in total. The third-order valence-corrected chi connectivity index (χ3v) is 4.57. The lowest BCUT2D eigenvalue weighted by Gasteiger charge is -2.11. The van der Waals surface area contributed by atoms with Crippen LogP contribution in [-0.4, -0.2) is 19.9 Å². The highest BCUT2D eigenvalue weighted by atomic mass is 35.5. The predicted octanol–water partition coefficient (Wildman–Crippen LogP) is 2.42. The summed E-state index contributed by atoms with van der Waals surface area (Å²) in [4.78, 5) is 0. The van der Waals surface area contributed by atoms with Crippen LogP contribution in [0.25, 0.3) is 0 Å². The molecule has 0 aliphatic rings. The summed E-state index contributed by atoms with van der Waals surface area (Å²) in [7, 11) is -3.35. The molecule has 0 spiro atoms. The van der Waals surface area contributed by atoms with Crippen LogP contribution in [0.15, 0.2) is 24.3 Å². The van der Waals surface area contributed by atoms with Gasteiger partial charge in [-0.1, -0.05) is 23.7 Å². The molecule has 1 rings (SSSR count). The van der Waals surface area contributed by atoms with E-state index in [9.17, 15) is 8.42 Å². The summed E-state index contributed by atoms with van der Waals surface area (Å²) in [6, 6.07) is 7.54. The second-order valence-electron chi connectivity index (χ2n) is 3.43. The summed E-state index contributed by atoms with van der Waals surface area (Å²) in [6.45, 7) is 2.02. The molecule has 0 fully saturated rings. The number of nitrogens with two attached hydrogens (primary N) is 1. The van der Waals surface area contributed by atoms with Crippen molar-refractivity contribution in [2.75, 3.05) is 11.5 Å². The summed E-state index contributed by atoms with van der Waals surface area (Å²) in [5, 5.41) is 5.86. The van der Waals surface area contributed by atoms with Gasteiger partial charge < -0.3 is 0 Å². The first-order chi connectivity index (χ1) is 7.38. The Bertz CT molecular complexity index is 431. The van der Waals surface area contributed by atoms with Crippen molar-refractivity contribution in [1.82, 2.24) is 0 Å². The number of hydrogen-bond acceptors (Lipinski definition) is 3. The lowest BCUT2D eigenvalue weighted by molar-refractivity contribution is 0.599. The molecular weight excluding hydrogens is 266 g/mol. The number of hydrogen-bond donors (Lipinski definition) is 1. The Morgan fingerprint density at radius 2 is 1.94 bits per heavy atom. The van der Waals surface area contributed by atoms with Gasteiger partial charge in [-0.3, -0.25) is 0 Å². The molecule has 0 aromatic heterocycles. The zero-order chi connectivity index (χ0) is 12.2. The van der Waals surface area contributed by atoms with E-state index in [0.29, 0.717) is 10.8 Å². The molecule has 0 saturated carbocycles. The molecule has 6 heteroatoms. The van der Waals surface area contributed by atoms with Crippen molar-refractivity contribution in [3.05, 3.63) is 34.9 Å². The first kappa shape index (κ1) is 13.8. The minimum absolute atomic E-state index is 0.00952. The Hall–Kier alpha value is -0.230. The van der Waals surface area contributed by atoms with Gasteiger partial charge in [-0.15, -0.1) is 0 Å². The Labute approximate surface area is 105 Å². The van der Waals surface area contributed by atoms with Crippen molar-refractivity contribution in [2.24, 2.45) is 5.14 Å². The van der Waals surface area contributed by atoms with Gasteiger partial charge in [0.15, 0.2) is 0 Å². The third kappa shape index (κ3) is 5.21. The first-order valence-electron chi connectivity index (χ1n) is 4.76. The van der Waals surface area contributed by atoms with Crippen LogP contribution in [0.5, 0.6) is 0 Å². The van der Waals surface area contributed by atoms with E-state index in [1.54, 1.807) is 11.8 Å². The van der Waals surface area contributed by atoms with Crippen LogP contribution in [0.2, 0.25) is 5.02 Å². The van der Waals surface area contributed by atoms with Gasteiger partial charge in [0.25, 0.3) is 0 Å². The monoisotopic (exact) mass is 279 g/mol. The molecule has 3 nitrogen and oxygen atoms in total. The molecule has 0 bridgehead atoms. The maximum Gasteiger partial charge on any atom is 0.209 e. The summed E-state index contributed by atoms with van der Waals surface area (Å²) < 4.78 is 21.5. The van der Waals surface area contributed by atoms with Crippen LogP contribution in [0.1, 0.15) is 17.7 Å². The maximum atomic E-state index is 10.7. The van der Waals surface area contributed by atoms with Gasteiger partial charge in [0.2, 0.25) is 10.0 Å². The Kier molecular flexibility index (Phi) is 5.11. The summed E-state index contributed by atoms with van der Waals surface area (Å²) in [5.41, 5.74) is 1.13. The summed E-state index contributed by atoms with van der Waals surface area (Å²) in [6.07, 6.45) is 0. The molecule has 0 heterocycles. The number of primary sulfonamides is 1. The predicted molar refractivity (Wildman–Crippen MR) is 70.3 cm³/mol. The van der Waals surface area contributed by atoms with E-state index in [2.05, 4.69) is 0 Å². The highest BCUT2D eigenvalue weighted by Gasteiger charge is 2.08. The van der Waals surface area contributed by atoms with Gasteiger partial charge >= 0.3 is 0 Å². The Balaban J connectivity index is 2.47. The fourth-order valence-corrected chi connectivity index (χ4v) is 3.31. The van der Waals surface area contributed by atoms with E-state index in [0.717, 1.165) is 5.56 Å². The van der Waals surface area contributed by atoms with Gasteiger partial charge in [0, 0.05) is 16.0 Å². The van der Waals surface area contributed by atoms with E-state index < -0.39 is 10.0 Å². The van der Waals surface area contributed by atoms with Crippen LogP contribution in [0.3, 0.4) is 0 Å². The molecule has 1 aromatic carbocycles. The second-order valence-corrected chi connectivity index (χ2v) is 7.05. The minimum Gasteiger partial charge on any atom is -0.229 e. The summed E-state index contributed by atoms with van der Waals surface area (Å²) in [5.74, 6) is 0.512. The first-order valence-corrected chi connectivity index (χ1v) is 7.90. The molecule has 16 heavy (non-hydrogen) atoms. The fraction of sp³-hybridized carbons (Fsp3) is 0.400. The zero-order valence-electron chi connectivity index (χ0n) is 8.89. The van der Waals surface area contributed by atoms with E-state index in [1.807, 2.05) is 31.2 Å². The van der Waals surface area contributed by atoms with Gasteiger partial charge in [-0.25, -0.2) is 13.6 Å². The number of rotatable bonds is 5. The smallest absolute Gasteiger partial charge is 0.209 e. The van der Waals surface area contributed by atoms with E-state index >= 15 is 0 Å². The number of halogens is 1. The van der Waals surface area contributed by atoms with Gasteiger partial charge in [-0.05, 0) is 24.6 Å². The molecular formula is C10H14ClNO2S2. The van der Waals surface area contributed by atoms with Crippen LogP contribution in [-0.2, 0) is 10.0 Å². The lowest BCUT2D eigenvalue weighted by atomic mass is 10.2. The van der Waals surface area contributed by atoms with Crippen LogP contribution >= 0.6 is 23.4 Å². The normalized spacial score (nSPS) is 13.7. The van der Waals surface area contributed by atoms with Crippen LogP contribution in [0.4, 0.5) is 0 Å². The third-order valence-electron chi connectivity index (χ3n) is 2.08. The number of sulfonamides is 1. The maximum absolute atomic E-state index is 10.7. The summed E-state index contributed by atoms with van der Waals surface area (Å²) >= 11 is 7.34. The Morgan fingerprint density at radius 3 is 2.44 bits per heavy atom. The molecule has 0 amide bonds. The van der Waals surface area contributed by atoms with Gasteiger partial charge in [0.05, 0.1) is 5.75 Å². The molecule has 1 atom stereocenters. The largest absolute Gasteiger partial charge is 0.229 e. The quantitative estimate of drug-likeness (QED) is 0.900. The topological polar surface area (TPSA) is 60.2 Å². The van der Waals surface area contributed by atoms with Crippen molar-refractivity contribution < 1.29 is 8.42 Å². The van der Waals surface area contributed by atoms with Crippen molar-refractivity contribution in [3.8, 4) is 0 Å². The number of benzene rings is 1. The molecule has 0 aliphatic heterocycles. The molecule has 0 unspecified atom stereocenters. The highest BCUT2D eigenvalue weighted by Crippen LogP contribution is 2.28. The van der Waals surface area contributed by atoms with E-state index in [-0.39, 0.29) is 11.0 Å². The average Bonchev–Trinajstić information content (AvgIpc) is 2.16. The van der Waals surface area contributed by atoms with Gasteiger partial charge in [-0.2, -0.15) is 11.8 Å². The average molecular weight is 280 g/mol. The molecule has 1 aromatic rings. The molecule has 0 radical (unpaired) electrons. The molecule has 90 valence electrons. The van der Waals surface area contributed by atoms with Crippen LogP contribution in [0, 0.1) is 0 Å². The van der Waals surface area contributed by atoms with Crippen molar-refractivity contribution in [2.45, 2.75) is 12.2 Å². The van der Waals surface area contributed by atoms with E-state index in [4.69, 9.17) is 16.7 Å². The van der Waals surface area contributed by atoms with Crippen molar-refractivity contribution in [3.63, 3.8) is 0 Å². The highest BCUT2D eigenvalue weighted by molar-refractivity contribution is 8.00. The van der Waals surface area contributed by atoms with Crippen molar-refractivity contribution >= 4 is 33.4 Å². The van der Waals surface area contributed by atoms with Crippen molar-refractivity contribution in [1.29, 1.82) is 0 Å². The van der Waals surface area contributed by atoms with E-state index in [1.165, 1.54) is 0 Å². The number of thioether (sulfide) groups is 1. The molecule has 0 saturated heterocycles. The zero-order valence-corrected chi connectivity index (χ0v) is 11.3. The lowest BCUT2D eigenvalue weighted by Crippen LogP contribution is -2.18. The minimum atomic E-state index is -3.35. The SMILES string of the molecule is C[C@@H](SCCS(N)(=O)=O)c1ccc(Cl)cc1. The standard InChI is InChI=1S/C10H14ClNO2S2/c1-8(15-6-7-16(12,13)14)9-2-4-10(11)5-3-9/h2-5,8H,6-7H2,1H3,(H2,12,13,14)/t8-/m1/s1. The second kappa shape index (κ2) is 5.91. The van der Waals surface area contributed by atoms with Gasteiger partial charge in [0.1, 0.15) is 0 Å². The molecule has 0 aliphatic carbocycles. The fourth-order valence-electron chi connectivity index (χ4n) is 1.17.